The fourth-order valence-corrected chi connectivity index (χ4v) is 3.49. The van der Waals surface area contributed by atoms with E-state index in [4.69, 9.17) is 14.2 Å². The van der Waals surface area contributed by atoms with Gasteiger partial charge < -0.3 is 23.9 Å². The Kier molecular flexibility index (Phi) is 6.62. The number of methoxy groups -OCH3 is 3. The first kappa shape index (κ1) is 22.4. The Morgan fingerprint density at radius 1 is 1.00 bits per heavy atom. The molecule has 0 aliphatic heterocycles. The van der Waals surface area contributed by atoms with Crippen LogP contribution in [-0.4, -0.2) is 51.2 Å². The van der Waals surface area contributed by atoms with E-state index in [1.54, 1.807) is 6.20 Å². The van der Waals surface area contributed by atoms with Crippen molar-refractivity contribution in [2.24, 2.45) is 0 Å². The molecule has 4 aromatic rings. The van der Waals surface area contributed by atoms with E-state index in [2.05, 4.69) is 30.9 Å². The first-order chi connectivity index (χ1) is 16.0. The van der Waals surface area contributed by atoms with Gasteiger partial charge in [-0.2, -0.15) is 10.1 Å². The van der Waals surface area contributed by atoms with Crippen LogP contribution >= 0.6 is 0 Å². The van der Waals surface area contributed by atoms with Crippen molar-refractivity contribution in [2.75, 3.05) is 21.3 Å². The Hall–Kier alpha value is -3.82. The molecule has 170 valence electrons. The Morgan fingerprint density at radius 3 is 2.48 bits per heavy atom. The number of hydrogen-bond acceptors (Lipinski definition) is 8. The van der Waals surface area contributed by atoms with Crippen LogP contribution in [0.5, 0.6) is 11.9 Å². The molecule has 33 heavy (non-hydrogen) atoms. The summed E-state index contributed by atoms with van der Waals surface area (Å²) >= 11 is 0. The van der Waals surface area contributed by atoms with Crippen LogP contribution in [0, 0.1) is 6.92 Å². The van der Waals surface area contributed by atoms with Crippen LogP contribution in [0.15, 0.2) is 55.0 Å². The molecular weight excluding hydrogens is 422 g/mol. The van der Waals surface area contributed by atoms with Crippen LogP contribution in [0.1, 0.15) is 23.1 Å². The van der Waals surface area contributed by atoms with Gasteiger partial charge in [-0.15, -0.1) is 5.10 Å². The van der Waals surface area contributed by atoms with Crippen LogP contribution in [-0.2, 0) is 11.3 Å². The normalized spacial score (nSPS) is 11.9. The van der Waals surface area contributed by atoms with E-state index in [0.717, 1.165) is 27.9 Å². The summed E-state index contributed by atoms with van der Waals surface area (Å²) in [4.78, 5) is 8.40. The lowest BCUT2D eigenvalue weighted by molar-refractivity contribution is -0.0769. The molecule has 0 radical (unpaired) electrons. The van der Waals surface area contributed by atoms with E-state index in [1.165, 1.54) is 21.3 Å². The SMILES string of the molecule is COc1ncc(-c2cc(-c3ccn(Cc4ccc(C(O)OC)cc4)c3)c(C)nn2)c(OC)n1. The van der Waals surface area contributed by atoms with Gasteiger partial charge in [0.15, 0.2) is 6.29 Å². The second-order valence-corrected chi connectivity index (χ2v) is 7.41. The zero-order chi connectivity index (χ0) is 23.4. The van der Waals surface area contributed by atoms with E-state index >= 15 is 0 Å². The Morgan fingerprint density at radius 2 is 1.79 bits per heavy atom. The van der Waals surface area contributed by atoms with Crippen LogP contribution in [0.25, 0.3) is 22.4 Å². The molecule has 0 spiro atoms. The highest BCUT2D eigenvalue weighted by Crippen LogP contribution is 2.31. The van der Waals surface area contributed by atoms with Crippen molar-refractivity contribution in [3.63, 3.8) is 0 Å². The van der Waals surface area contributed by atoms with Gasteiger partial charge in [-0.05, 0) is 24.6 Å². The lowest BCUT2D eigenvalue weighted by atomic mass is 10.1. The first-order valence-corrected chi connectivity index (χ1v) is 10.3. The minimum Gasteiger partial charge on any atom is -0.480 e. The van der Waals surface area contributed by atoms with Crippen molar-refractivity contribution >= 4 is 0 Å². The third kappa shape index (κ3) is 4.84. The van der Waals surface area contributed by atoms with Gasteiger partial charge in [0.25, 0.3) is 0 Å². The maximum Gasteiger partial charge on any atom is 0.319 e. The van der Waals surface area contributed by atoms with Gasteiger partial charge >= 0.3 is 6.01 Å². The topological polar surface area (TPSA) is 104 Å². The van der Waals surface area contributed by atoms with Gasteiger partial charge in [-0.1, -0.05) is 24.3 Å². The molecule has 3 heterocycles. The summed E-state index contributed by atoms with van der Waals surface area (Å²) in [7, 11) is 4.51. The molecule has 0 aliphatic rings. The Bertz CT molecular complexity index is 1240. The van der Waals surface area contributed by atoms with Crippen molar-refractivity contribution in [1.29, 1.82) is 0 Å². The molecule has 3 aromatic heterocycles. The number of ether oxygens (including phenoxy) is 3. The third-order valence-electron chi connectivity index (χ3n) is 5.28. The van der Waals surface area contributed by atoms with Gasteiger partial charge in [0.1, 0.15) is 5.69 Å². The van der Waals surface area contributed by atoms with Gasteiger partial charge in [0, 0.05) is 48.9 Å². The number of aryl methyl sites for hydroxylation is 1. The summed E-state index contributed by atoms with van der Waals surface area (Å²) in [6, 6.07) is 11.9. The molecule has 1 aromatic carbocycles. The Balaban J connectivity index is 1.60. The number of hydrogen-bond donors (Lipinski definition) is 1. The second kappa shape index (κ2) is 9.76. The molecule has 0 aliphatic carbocycles. The quantitative estimate of drug-likeness (QED) is 0.410. The lowest BCUT2D eigenvalue weighted by Gasteiger charge is -2.10. The van der Waals surface area contributed by atoms with Crippen molar-refractivity contribution in [2.45, 2.75) is 19.8 Å². The minimum atomic E-state index is -0.914. The Labute approximate surface area is 191 Å². The molecule has 0 saturated carbocycles. The fourth-order valence-electron chi connectivity index (χ4n) is 3.49. The van der Waals surface area contributed by atoms with Crippen LogP contribution < -0.4 is 9.47 Å². The van der Waals surface area contributed by atoms with Crippen molar-refractivity contribution in [3.8, 4) is 34.3 Å². The number of aromatic nitrogens is 5. The molecular formula is C24H25N5O4. The number of aliphatic hydroxyl groups excluding tert-OH is 1. The van der Waals surface area contributed by atoms with E-state index < -0.39 is 6.29 Å². The lowest BCUT2D eigenvalue weighted by Crippen LogP contribution is -2.01. The number of nitrogens with zero attached hydrogens (tertiary/aromatic N) is 5. The van der Waals surface area contributed by atoms with Crippen LogP contribution in [0.3, 0.4) is 0 Å². The summed E-state index contributed by atoms with van der Waals surface area (Å²) in [5.74, 6) is 0.366. The van der Waals surface area contributed by atoms with Crippen molar-refractivity contribution in [3.05, 3.63) is 71.8 Å². The molecule has 4 rings (SSSR count). The summed E-state index contributed by atoms with van der Waals surface area (Å²) in [5, 5.41) is 18.4. The molecule has 9 nitrogen and oxygen atoms in total. The largest absolute Gasteiger partial charge is 0.480 e. The summed E-state index contributed by atoms with van der Waals surface area (Å²) in [6.45, 7) is 2.61. The van der Waals surface area contributed by atoms with Gasteiger partial charge in [0.05, 0.1) is 25.5 Å². The molecule has 0 saturated heterocycles. The third-order valence-corrected chi connectivity index (χ3v) is 5.28. The van der Waals surface area contributed by atoms with Crippen molar-refractivity contribution < 1.29 is 19.3 Å². The van der Waals surface area contributed by atoms with Gasteiger partial charge in [-0.3, -0.25) is 0 Å². The zero-order valence-corrected chi connectivity index (χ0v) is 18.9. The molecule has 0 fully saturated rings. The summed E-state index contributed by atoms with van der Waals surface area (Å²) in [6.07, 6.45) is 4.78. The first-order valence-electron chi connectivity index (χ1n) is 10.3. The zero-order valence-electron chi connectivity index (χ0n) is 18.9. The molecule has 9 heteroatoms. The van der Waals surface area contributed by atoms with E-state index in [-0.39, 0.29) is 6.01 Å². The molecule has 1 N–H and O–H groups in total. The van der Waals surface area contributed by atoms with Gasteiger partial charge in [-0.25, -0.2) is 4.98 Å². The number of aliphatic hydroxyl groups is 1. The monoisotopic (exact) mass is 447 g/mol. The predicted molar refractivity (Wildman–Crippen MR) is 122 cm³/mol. The maximum absolute atomic E-state index is 9.77. The fraction of sp³-hybridized carbons (Fsp3) is 0.250. The summed E-state index contributed by atoms with van der Waals surface area (Å²) < 4.78 is 17.5. The smallest absolute Gasteiger partial charge is 0.319 e. The van der Waals surface area contributed by atoms with Crippen LogP contribution in [0.2, 0.25) is 0 Å². The highest BCUT2D eigenvalue weighted by molar-refractivity contribution is 5.73. The number of benzene rings is 1. The highest BCUT2D eigenvalue weighted by Gasteiger charge is 2.15. The average molecular weight is 447 g/mol. The summed E-state index contributed by atoms with van der Waals surface area (Å²) in [5.41, 5.74) is 5.84. The molecule has 1 atom stereocenters. The second-order valence-electron chi connectivity index (χ2n) is 7.41. The molecule has 1 unspecified atom stereocenters. The highest BCUT2D eigenvalue weighted by atomic mass is 16.6. The molecule has 0 bridgehead atoms. The van der Waals surface area contributed by atoms with Crippen LogP contribution in [0.4, 0.5) is 0 Å². The average Bonchev–Trinajstić information content (AvgIpc) is 3.32. The van der Waals surface area contributed by atoms with E-state index in [9.17, 15) is 5.11 Å². The molecule has 0 amide bonds. The van der Waals surface area contributed by atoms with E-state index in [1.807, 2.05) is 49.5 Å². The van der Waals surface area contributed by atoms with Gasteiger partial charge in [0.2, 0.25) is 5.88 Å². The van der Waals surface area contributed by atoms with E-state index in [0.29, 0.717) is 23.7 Å². The predicted octanol–water partition coefficient (Wildman–Crippen LogP) is 3.41. The standard InChI is InChI=1S/C24H25N5O4/c1-15-19(11-21(28-27-15)20-12-25-24(33-4)26-22(20)31-2)18-9-10-29(14-18)13-16-5-7-17(8-6-16)23(30)32-3/h5-12,14,23,30H,13H2,1-4H3. The van der Waals surface area contributed by atoms with Crippen molar-refractivity contribution in [1.82, 2.24) is 24.7 Å². The number of rotatable bonds is 8. The minimum absolute atomic E-state index is 0.220. The maximum atomic E-state index is 9.77.